The smallest absolute Gasteiger partial charge is 0.205 e. The van der Waals surface area contributed by atoms with Gasteiger partial charge in [-0.05, 0) is 53.6 Å². The van der Waals surface area contributed by atoms with E-state index in [1.54, 1.807) is 14.2 Å². The molecule has 6 heteroatoms. The number of nitrogens with zero attached hydrogens (tertiary/aromatic N) is 2. The minimum Gasteiger partial charge on any atom is -0.497 e. The Labute approximate surface area is 188 Å². The molecule has 0 aromatic heterocycles. The highest BCUT2D eigenvalue weighted by atomic mass is 16.5. The van der Waals surface area contributed by atoms with Crippen LogP contribution in [0.15, 0.2) is 65.4 Å². The van der Waals surface area contributed by atoms with Gasteiger partial charge in [0.25, 0.3) is 0 Å². The first-order chi connectivity index (χ1) is 15.6. The molecular weight excluding hydrogens is 402 g/mol. The predicted octanol–water partition coefficient (Wildman–Crippen LogP) is 4.61. The van der Waals surface area contributed by atoms with Crippen LogP contribution in [0.1, 0.15) is 24.0 Å². The summed E-state index contributed by atoms with van der Waals surface area (Å²) in [6.45, 7) is 4.43. The molecule has 0 radical (unpaired) electrons. The molecule has 0 saturated heterocycles. The van der Waals surface area contributed by atoms with Gasteiger partial charge in [-0.3, -0.25) is 10.3 Å². The topological polar surface area (TPSA) is 78.6 Å². The number of nitrogens with one attached hydrogen (secondary N) is 1. The first-order valence-corrected chi connectivity index (χ1v) is 10.7. The molecule has 2 aromatic carbocycles. The van der Waals surface area contributed by atoms with Crippen LogP contribution in [-0.2, 0) is 4.74 Å². The Kier molecular flexibility index (Phi) is 6.29. The van der Waals surface area contributed by atoms with Gasteiger partial charge < -0.3 is 14.2 Å². The van der Waals surface area contributed by atoms with Gasteiger partial charge in [0.1, 0.15) is 23.2 Å². The molecule has 6 nitrogen and oxygen atoms in total. The van der Waals surface area contributed by atoms with E-state index in [4.69, 9.17) is 19.6 Å². The SMILES string of the molecule is CCN1CC2=C(OC(=N)C(C#N)C2c2ccc(OC)cc2)/C(=C\c2ccc(OC)cc2)C1. The third-order valence-electron chi connectivity index (χ3n) is 6.09. The number of ether oxygens (including phenoxy) is 3. The van der Waals surface area contributed by atoms with E-state index in [-0.39, 0.29) is 11.8 Å². The van der Waals surface area contributed by atoms with Crippen LogP contribution in [0.25, 0.3) is 6.08 Å². The summed E-state index contributed by atoms with van der Waals surface area (Å²) in [5.41, 5.74) is 4.08. The van der Waals surface area contributed by atoms with E-state index in [1.807, 2.05) is 48.5 Å². The molecule has 164 valence electrons. The van der Waals surface area contributed by atoms with Crippen LogP contribution in [0.4, 0.5) is 0 Å². The van der Waals surface area contributed by atoms with Crippen LogP contribution in [0.5, 0.6) is 11.5 Å². The Morgan fingerprint density at radius 2 is 1.69 bits per heavy atom. The second-order valence-electron chi connectivity index (χ2n) is 7.92. The number of nitriles is 1. The van der Waals surface area contributed by atoms with Crippen molar-refractivity contribution in [1.82, 2.24) is 4.90 Å². The summed E-state index contributed by atoms with van der Waals surface area (Å²) in [6.07, 6.45) is 2.10. The fraction of sp³-hybridized carbons (Fsp3) is 0.308. The first-order valence-electron chi connectivity index (χ1n) is 10.7. The molecule has 4 rings (SSSR count). The molecular formula is C26H27N3O3. The standard InChI is InChI=1S/C26H27N3O3/c1-4-29-15-19(13-17-5-9-20(30-2)10-6-17)25-23(16-29)24(22(14-27)26(28)32-25)18-7-11-21(31-3)12-8-18/h5-13,22,24,28H,4,15-16H2,1-3H3/b19-13-,28-26?. The van der Waals surface area contributed by atoms with E-state index >= 15 is 0 Å². The maximum Gasteiger partial charge on any atom is 0.205 e. The van der Waals surface area contributed by atoms with Gasteiger partial charge in [0, 0.05) is 24.6 Å². The fourth-order valence-corrected chi connectivity index (χ4v) is 4.36. The number of likely N-dealkylation sites (N-methyl/N-ethyl adjacent to an activating group) is 1. The molecule has 0 amide bonds. The van der Waals surface area contributed by atoms with Crippen molar-refractivity contribution >= 4 is 12.0 Å². The molecule has 0 spiro atoms. The second-order valence-corrected chi connectivity index (χ2v) is 7.92. The maximum absolute atomic E-state index is 9.90. The van der Waals surface area contributed by atoms with Crippen molar-refractivity contribution in [2.75, 3.05) is 33.9 Å². The summed E-state index contributed by atoms with van der Waals surface area (Å²) in [4.78, 5) is 2.33. The zero-order chi connectivity index (χ0) is 22.7. The second kappa shape index (κ2) is 9.29. The Morgan fingerprint density at radius 3 is 2.25 bits per heavy atom. The molecule has 1 N–H and O–H groups in total. The number of rotatable bonds is 5. The van der Waals surface area contributed by atoms with E-state index in [9.17, 15) is 5.26 Å². The molecule has 2 aliphatic rings. The Hall–Kier alpha value is -3.56. The van der Waals surface area contributed by atoms with Crippen molar-refractivity contribution in [3.05, 3.63) is 76.6 Å². The number of hydrogen-bond donors (Lipinski definition) is 1. The molecule has 2 aliphatic heterocycles. The third kappa shape index (κ3) is 4.12. The number of methoxy groups -OCH3 is 2. The normalized spacial score (nSPS) is 22.2. The van der Waals surface area contributed by atoms with Gasteiger partial charge in [-0.2, -0.15) is 5.26 Å². The molecule has 2 heterocycles. The molecule has 2 atom stereocenters. The minimum atomic E-state index is -0.666. The molecule has 0 saturated carbocycles. The highest BCUT2D eigenvalue weighted by Gasteiger charge is 2.41. The van der Waals surface area contributed by atoms with Crippen molar-refractivity contribution in [2.24, 2.45) is 5.92 Å². The van der Waals surface area contributed by atoms with Crippen molar-refractivity contribution in [1.29, 1.82) is 10.7 Å². The van der Waals surface area contributed by atoms with Crippen LogP contribution >= 0.6 is 0 Å². The highest BCUT2D eigenvalue weighted by molar-refractivity contribution is 5.84. The lowest BCUT2D eigenvalue weighted by molar-refractivity contribution is 0.263. The molecule has 0 aliphatic carbocycles. The van der Waals surface area contributed by atoms with Gasteiger partial charge in [0.2, 0.25) is 5.90 Å². The number of hydrogen-bond acceptors (Lipinski definition) is 6. The highest BCUT2D eigenvalue weighted by Crippen LogP contribution is 2.44. The Bertz CT molecular complexity index is 1090. The third-order valence-corrected chi connectivity index (χ3v) is 6.09. The lowest BCUT2D eigenvalue weighted by Gasteiger charge is -2.40. The quantitative estimate of drug-likeness (QED) is 0.751. The van der Waals surface area contributed by atoms with E-state index in [0.717, 1.165) is 52.6 Å². The van der Waals surface area contributed by atoms with Crippen LogP contribution in [0, 0.1) is 22.7 Å². The van der Waals surface area contributed by atoms with Crippen LogP contribution in [0.2, 0.25) is 0 Å². The van der Waals surface area contributed by atoms with Gasteiger partial charge in [-0.1, -0.05) is 31.2 Å². The zero-order valence-electron chi connectivity index (χ0n) is 18.6. The molecule has 0 fully saturated rings. The summed E-state index contributed by atoms with van der Waals surface area (Å²) < 4.78 is 16.6. The summed E-state index contributed by atoms with van der Waals surface area (Å²) >= 11 is 0. The minimum absolute atomic E-state index is 0.00218. The van der Waals surface area contributed by atoms with Gasteiger partial charge in [0.15, 0.2) is 0 Å². The largest absolute Gasteiger partial charge is 0.497 e. The number of benzene rings is 2. The Morgan fingerprint density at radius 1 is 1.06 bits per heavy atom. The van der Waals surface area contributed by atoms with Gasteiger partial charge in [-0.25, -0.2) is 0 Å². The average molecular weight is 430 g/mol. The molecule has 32 heavy (non-hydrogen) atoms. The van der Waals surface area contributed by atoms with Gasteiger partial charge in [-0.15, -0.1) is 0 Å². The van der Waals surface area contributed by atoms with Crippen LogP contribution in [0.3, 0.4) is 0 Å². The zero-order valence-corrected chi connectivity index (χ0v) is 18.6. The lowest BCUT2D eigenvalue weighted by Crippen LogP contribution is -2.41. The monoisotopic (exact) mass is 429 g/mol. The first kappa shape index (κ1) is 21.7. The summed E-state index contributed by atoms with van der Waals surface area (Å²) in [7, 11) is 3.28. The summed E-state index contributed by atoms with van der Waals surface area (Å²) in [5, 5.41) is 18.4. The van der Waals surface area contributed by atoms with Gasteiger partial charge >= 0.3 is 0 Å². The van der Waals surface area contributed by atoms with E-state index in [1.165, 1.54) is 0 Å². The van der Waals surface area contributed by atoms with Crippen molar-refractivity contribution < 1.29 is 14.2 Å². The fourth-order valence-electron chi connectivity index (χ4n) is 4.36. The van der Waals surface area contributed by atoms with Crippen molar-refractivity contribution in [3.8, 4) is 17.6 Å². The van der Waals surface area contributed by atoms with Crippen molar-refractivity contribution in [3.63, 3.8) is 0 Å². The lowest BCUT2D eigenvalue weighted by atomic mass is 9.76. The van der Waals surface area contributed by atoms with Crippen LogP contribution in [-0.4, -0.2) is 44.7 Å². The Balaban J connectivity index is 1.82. The van der Waals surface area contributed by atoms with E-state index < -0.39 is 5.92 Å². The van der Waals surface area contributed by atoms with Crippen LogP contribution < -0.4 is 9.47 Å². The summed E-state index contributed by atoms with van der Waals surface area (Å²) in [5.74, 6) is 1.38. The molecule has 2 aromatic rings. The molecule has 0 bridgehead atoms. The summed E-state index contributed by atoms with van der Waals surface area (Å²) in [6, 6.07) is 17.9. The molecule has 2 unspecified atom stereocenters. The van der Waals surface area contributed by atoms with E-state index in [2.05, 4.69) is 24.0 Å². The van der Waals surface area contributed by atoms with E-state index in [0.29, 0.717) is 6.54 Å². The average Bonchev–Trinajstić information content (AvgIpc) is 2.84. The maximum atomic E-state index is 9.90. The predicted molar refractivity (Wildman–Crippen MR) is 124 cm³/mol. The van der Waals surface area contributed by atoms with Gasteiger partial charge in [0.05, 0.1) is 20.3 Å². The van der Waals surface area contributed by atoms with Crippen molar-refractivity contribution in [2.45, 2.75) is 12.8 Å².